The van der Waals surface area contributed by atoms with Crippen molar-refractivity contribution >= 4 is 64.1 Å². The molecule has 0 spiro atoms. The van der Waals surface area contributed by atoms with Gasteiger partial charge in [-0.1, -0.05) is 35.3 Å². The molecule has 0 saturated heterocycles. The van der Waals surface area contributed by atoms with Crippen LogP contribution in [0.4, 0.5) is 13.2 Å². The molecule has 11 heteroatoms. The first kappa shape index (κ1) is 25.3. The molecule has 2 aromatic rings. The Morgan fingerprint density at radius 2 is 1.97 bits per heavy atom. The molecule has 0 fully saturated rings. The minimum atomic E-state index is -4.79. The van der Waals surface area contributed by atoms with Crippen molar-refractivity contribution in [2.75, 3.05) is 6.61 Å². The predicted molar refractivity (Wildman–Crippen MR) is 118 cm³/mol. The number of esters is 1. The second-order valence-corrected chi connectivity index (χ2v) is 7.80. The lowest BCUT2D eigenvalue weighted by Crippen LogP contribution is -2.41. The molecule has 0 amide bonds. The number of benzene rings is 2. The summed E-state index contributed by atoms with van der Waals surface area (Å²) in [6.07, 6.45) is -5.56. The highest BCUT2D eigenvalue weighted by Gasteiger charge is 2.49. The van der Waals surface area contributed by atoms with Crippen molar-refractivity contribution in [2.45, 2.75) is 19.2 Å². The quantitative estimate of drug-likeness (QED) is 0.204. The fraction of sp³-hybridized carbons (Fsp3) is 0.200. The zero-order valence-electron chi connectivity index (χ0n) is 15.7. The molecule has 1 aliphatic heterocycles. The molecule has 2 aromatic carbocycles. The van der Waals surface area contributed by atoms with Gasteiger partial charge in [-0.2, -0.15) is 13.2 Å². The van der Waals surface area contributed by atoms with Crippen LogP contribution < -0.4 is 4.74 Å². The van der Waals surface area contributed by atoms with E-state index in [1.54, 1.807) is 40.8 Å². The van der Waals surface area contributed by atoms with Gasteiger partial charge in [0.2, 0.25) is 6.10 Å². The Morgan fingerprint density at radius 1 is 1.32 bits per heavy atom. The Kier molecular flexibility index (Phi) is 8.61. The van der Waals surface area contributed by atoms with Gasteiger partial charge in [0.15, 0.2) is 6.29 Å². The molecular formula is C20H14Cl2F3IO5. The van der Waals surface area contributed by atoms with Gasteiger partial charge in [-0.25, -0.2) is 4.79 Å². The molecule has 166 valence electrons. The minimum absolute atomic E-state index is 0.0310. The summed E-state index contributed by atoms with van der Waals surface area (Å²) >= 11 is 13.7. The number of para-hydroxylation sites is 1. The van der Waals surface area contributed by atoms with Crippen LogP contribution in [0.5, 0.6) is 11.5 Å². The number of halogens is 6. The van der Waals surface area contributed by atoms with E-state index in [9.17, 15) is 22.8 Å². The molecule has 0 saturated carbocycles. The second-order valence-electron chi connectivity index (χ2n) is 5.94. The molecule has 31 heavy (non-hydrogen) atoms. The highest BCUT2D eigenvalue weighted by Crippen LogP contribution is 2.44. The maximum absolute atomic E-state index is 13.2. The number of ether oxygens (including phenoxy) is 2. The first-order chi connectivity index (χ1) is 14.5. The van der Waals surface area contributed by atoms with E-state index in [1.165, 1.54) is 19.1 Å². The van der Waals surface area contributed by atoms with E-state index in [0.717, 1.165) is 6.08 Å². The van der Waals surface area contributed by atoms with E-state index in [1.807, 2.05) is 0 Å². The third-order valence-electron chi connectivity index (χ3n) is 3.85. The van der Waals surface area contributed by atoms with Crippen molar-refractivity contribution in [1.82, 2.24) is 0 Å². The van der Waals surface area contributed by atoms with Crippen molar-refractivity contribution in [3.05, 3.63) is 60.6 Å². The van der Waals surface area contributed by atoms with Gasteiger partial charge in [-0.15, -0.1) is 0 Å². The maximum atomic E-state index is 13.2. The molecule has 0 aliphatic carbocycles. The summed E-state index contributed by atoms with van der Waals surface area (Å²) in [5.74, 6) is -1.22. The van der Waals surface area contributed by atoms with E-state index in [4.69, 9.17) is 33.0 Å². The average molecular weight is 589 g/mol. The Morgan fingerprint density at radius 3 is 2.48 bits per heavy atom. The van der Waals surface area contributed by atoms with Gasteiger partial charge in [0, 0.05) is 5.56 Å². The van der Waals surface area contributed by atoms with Crippen molar-refractivity contribution in [2.24, 2.45) is 0 Å². The number of carbonyl (C=O) groups is 2. The lowest BCUT2D eigenvalue weighted by atomic mass is 10.0. The van der Waals surface area contributed by atoms with Gasteiger partial charge in [0.1, 0.15) is 11.5 Å². The fourth-order valence-corrected chi connectivity index (χ4v) is 3.38. The zero-order chi connectivity index (χ0) is 23.3. The molecule has 1 atom stereocenters. The Hall–Kier alpha value is -1.98. The highest BCUT2D eigenvalue weighted by molar-refractivity contribution is 14.1. The van der Waals surface area contributed by atoms with Gasteiger partial charge >= 0.3 is 12.1 Å². The molecule has 0 bridgehead atoms. The van der Waals surface area contributed by atoms with Gasteiger partial charge < -0.3 is 14.6 Å². The summed E-state index contributed by atoms with van der Waals surface area (Å²) in [7, 11) is 0. The number of aromatic hydroxyl groups is 1. The number of hydrogen-bond donors (Lipinski definition) is 1. The molecule has 5 nitrogen and oxygen atoms in total. The Bertz CT molecular complexity index is 1020. The summed E-state index contributed by atoms with van der Waals surface area (Å²) < 4.78 is 49.4. The summed E-state index contributed by atoms with van der Waals surface area (Å²) in [4.78, 5) is 21.8. The lowest BCUT2D eigenvalue weighted by Gasteiger charge is -2.28. The van der Waals surface area contributed by atoms with Gasteiger partial charge in [-0.3, -0.25) is 4.79 Å². The van der Waals surface area contributed by atoms with E-state index >= 15 is 0 Å². The van der Waals surface area contributed by atoms with Gasteiger partial charge in [0.25, 0.3) is 0 Å². The topological polar surface area (TPSA) is 72.8 Å². The van der Waals surface area contributed by atoms with Gasteiger partial charge in [0.05, 0.1) is 31.4 Å². The normalized spacial score (nSPS) is 14.9. The monoisotopic (exact) mass is 588 g/mol. The van der Waals surface area contributed by atoms with Crippen LogP contribution in [-0.2, 0) is 9.53 Å². The fourth-order valence-electron chi connectivity index (χ4n) is 2.46. The van der Waals surface area contributed by atoms with Crippen molar-refractivity contribution < 1.29 is 37.3 Å². The van der Waals surface area contributed by atoms with Crippen LogP contribution in [0.2, 0.25) is 10.0 Å². The third-order valence-corrected chi connectivity index (χ3v) is 6.26. The predicted octanol–water partition coefficient (Wildman–Crippen LogP) is 6.07. The number of phenolic OH excluding ortho intramolecular Hbond substituents is 1. The highest BCUT2D eigenvalue weighted by atomic mass is 127. The SMILES string of the molecule is CCOC(=O)C1=Cc2cc(Cl)c(I)c(Cl)c2OC1C(F)(F)F.O=Cc1ccccc1O. The first-order valence-corrected chi connectivity index (χ1v) is 10.4. The largest absolute Gasteiger partial charge is 0.507 e. The summed E-state index contributed by atoms with van der Waals surface area (Å²) in [5, 5.41) is 9.10. The molecular weight excluding hydrogens is 575 g/mol. The number of fused-ring (bicyclic) bond motifs is 1. The van der Waals surface area contributed by atoms with Crippen LogP contribution >= 0.6 is 45.8 Å². The molecule has 1 N–H and O–H groups in total. The summed E-state index contributed by atoms with van der Waals surface area (Å²) in [6.45, 7) is 1.44. The summed E-state index contributed by atoms with van der Waals surface area (Å²) in [6, 6.07) is 7.79. The van der Waals surface area contributed by atoms with Crippen molar-refractivity contribution in [3.8, 4) is 11.5 Å². The first-order valence-electron chi connectivity index (χ1n) is 8.54. The molecule has 1 unspecified atom stereocenters. The standard InChI is InChI=1S/C13H8Cl2F3IO3.C7H6O2/c1-2-21-12(20)6-3-5-4-7(14)9(19)8(15)10(5)22-11(6)13(16,17)18;8-5-6-3-1-2-4-7(6)9/h3-4,11H,2H2,1H3;1-5,9H. The average Bonchev–Trinajstić information content (AvgIpc) is 2.71. The van der Waals surface area contributed by atoms with Crippen molar-refractivity contribution in [1.29, 1.82) is 0 Å². The van der Waals surface area contributed by atoms with Crippen LogP contribution in [0.25, 0.3) is 6.08 Å². The van der Waals surface area contributed by atoms with Crippen LogP contribution in [0.1, 0.15) is 22.8 Å². The van der Waals surface area contributed by atoms with E-state index in [2.05, 4.69) is 4.74 Å². The summed E-state index contributed by atoms with van der Waals surface area (Å²) in [5.41, 5.74) is -0.119. The Labute approximate surface area is 198 Å². The second kappa shape index (κ2) is 10.6. The van der Waals surface area contributed by atoms with E-state index in [-0.39, 0.29) is 33.7 Å². The number of aldehydes is 1. The molecule has 3 rings (SSSR count). The van der Waals surface area contributed by atoms with E-state index in [0.29, 0.717) is 15.4 Å². The number of rotatable bonds is 3. The zero-order valence-corrected chi connectivity index (χ0v) is 19.3. The Balaban J connectivity index is 0.000000316. The van der Waals surface area contributed by atoms with Crippen LogP contribution in [-0.4, -0.2) is 36.2 Å². The molecule has 0 aromatic heterocycles. The molecule has 0 radical (unpaired) electrons. The lowest BCUT2D eigenvalue weighted by molar-refractivity contribution is -0.187. The van der Waals surface area contributed by atoms with Crippen LogP contribution in [0.3, 0.4) is 0 Å². The number of alkyl halides is 3. The van der Waals surface area contributed by atoms with Crippen molar-refractivity contribution in [3.63, 3.8) is 0 Å². The van der Waals surface area contributed by atoms with Gasteiger partial charge in [-0.05, 0) is 53.8 Å². The minimum Gasteiger partial charge on any atom is -0.507 e. The number of phenols is 1. The molecule has 1 heterocycles. The van der Waals surface area contributed by atoms with E-state index < -0.39 is 23.8 Å². The van der Waals surface area contributed by atoms with Crippen LogP contribution in [0.15, 0.2) is 35.9 Å². The number of carbonyl (C=O) groups excluding carboxylic acids is 2. The van der Waals surface area contributed by atoms with Crippen LogP contribution in [0, 0.1) is 3.57 Å². The maximum Gasteiger partial charge on any atom is 0.430 e. The molecule has 1 aliphatic rings. The number of hydrogen-bond acceptors (Lipinski definition) is 5. The third kappa shape index (κ3) is 6.05. The smallest absolute Gasteiger partial charge is 0.430 e.